The first kappa shape index (κ1) is 14.0. The van der Waals surface area contributed by atoms with Crippen LogP contribution in [-0.2, 0) is 14.3 Å². The lowest BCUT2D eigenvalue weighted by Gasteiger charge is -2.19. The van der Waals surface area contributed by atoms with Crippen LogP contribution in [0.15, 0.2) is 42.9 Å². The van der Waals surface area contributed by atoms with E-state index in [4.69, 9.17) is 21.1 Å². The number of hydrogen-bond acceptors (Lipinski definition) is 4. The maximum absolute atomic E-state index is 12.0. The van der Waals surface area contributed by atoms with Crippen molar-refractivity contribution >= 4 is 29.7 Å². The third kappa shape index (κ3) is 3.10. The molecule has 0 aromatic heterocycles. The van der Waals surface area contributed by atoms with E-state index in [0.717, 1.165) is 16.7 Å². The Morgan fingerprint density at radius 1 is 1.40 bits per heavy atom. The number of amides is 3. The number of halogens is 1. The summed E-state index contributed by atoms with van der Waals surface area (Å²) in [4.78, 5) is 23.7. The quantitative estimate of drug-likeness (QED) is 0.870. The Hall–Kier alpha value is -2.47. The Morgan fingerprint density at radius 2 is 2.20 bits per heavy atom. The fraction of sp³-hybridized carbons (Fsp3) is 0.0769. The van der Waals surface area contributed by atoms with E-state index in [-0.39, 0.29) is 5.88 Å². The predicted octanol–water partition coefficient (Wildman–Crippen LogP) is 2.96. The van der Waals surface area contributed by atoms with Crippen LogP contribution in [-0.4, -0.2) is 17.3 Å². The van der Waals surface area contributed by atoms with E-state index < -0.39 is 6.03 Å². The van der Waals surface area contributed by atoms with Gasteiger partial charge in [-0.2, -0.15) is 0 Å². The highest BCUT2D eigenvalue weighted by Gasteiger charge is 2.20. The van der Waals surface area contributed by atoms with Crippen molar-refractivity contribution in [2.24, 2.45) is 0 Å². The lowest BCUT2D eigenvalue weighted by atomic mass is 10.2. The first-order valence-electron chi connectivity index (χ1n) is 5.61. The first-order valence-corrected chi connectivity index (χ1v) is 5.98. The van der Waals surface area contributed by atoms with Crippen LogP contribution in [0.3, 0.4) is 0 Å². The highest BCUT2D eigenvalue weighted by atomic mass is 35.5. The average Bonchev–Trinajstić information content (AvgIpc) is 2.45. The minimum Gasteiger partial charge on any atom is -0.464 e. The third-order valence-corrected chi connectivity index (χ3v) is 2.88. The van der Waals surface area contributed by atoms with Gasteiger partial charge >= 0.3 is 6.03 Å². The van der Waals surface area contributed by atoms with Crippen LogP contribution in [0.2, 0.25) is 5.02 Å². The molecule has 0 fully saturated rings. The zero-order valence-corrected chi connectivity index (χ0v) is 11.3. The normalized spacial score (nSPS) is 12.8. The molecule has 1 heterocycles. The van der Waals surface area contributed by atoms with Gasteiger partial charge in [0.05, 0.1) is 0 Å². The van der Waals surface area contributed by atoms with Crippen LogP contribution in [0, 0.1) is 6.92 Å². The van der Waals surface area contributed by atoms with E-state index in [1.807, 2.05) is 6.92 Å². The van der Waals surface area contributed by atoms with Gasteiger partial charge in [0.2, 0.25) is 12.3 Å². The minimum absolute atomic E-state index is 0.0433. The van der Waals surface area contributed by atoms with Crippen molar-refractivity contribution < 1.29 is 19.1 Å². The molecule has 0 bridgehead atoms. The Kier molecular flexibility index (Phi) is 4.27. The Bertz CT molecular complexity index is 598. The molecule has 2 rings (SSSR count). The molecular weight excluding hydrogens is 284 g/mol. The number of imide groups is 1. The van der Waals surface area contributed by atoms with Crippen LogP contribution < -0.4 is 5.32 Å². The predicted molar refractivity (Wildman–Crippen MR) is 72.5 cm³/mol. The molecule has 3 amide bonds. The third-order valence-electron chi connectivity index (χ3n) is 2.48. The summed E-state index contributed by atoms with van der Waals surface area (Å²) in [6, 6.07) is 4.33. The largest absolute Gasteiger partial charge is 0.464 e. The first-order chi connectivity index (χ1) is 9.61. The molecule has 7 heteroatoms. The van der Waals surface area contributed by atoms with Gasteiger partial charge in [0, 0.05) is 10.7 Å². The summed E-state index contributed by atoms with van der Waals surface area (Å²) in [6.45, 7) is 1.84. The lowest BCUT2D eigenvalue weighted by Crippen LogP contribution is -2.34. The number of anilines is 1. The van der Waals surface area contributed by atoms with Crippen molar-refractivity contribution in [2.75, 3.05) is 5.32 Å². The molecule has 1 N–H and O–H groups in total. The zero-order chi connectivity index (χ0) is 14.5. The number of urea groups is 1. The van der Waals surface area contributed by atoms with Gasteiger partial charge < -0.3 is 14.8 Å². The Balaban J connectivity index is 2.11. The maximum atomic E-state index is 12.0. The van der Waals surface area contributed by atoms with E-state index >= 15 is 0 Å². The number of hydrogen-bond donors (Lipinski definition) is 1. The molecule has 1 aliphatic rings. The number of benzene rings is 1. The summed E-state index contributed by atoms with van der Waals surface area (Å²) < 4.78 is 9.83. The monoisotopic (exact) mass is 294 g/mol. The van der Waals surface area contributed by atoms with Gasteiger partial charge in [0.25, 0.3) is 0 Å². The SMILES string of the molecule is Cc1ccc(NC(=O)N(C=O)C2=COC=CO2)cc1Cl. The van der Waals surface area contributed by atoms with Crippen LogP contribution in [0.25, 0.3) is 0 Å². The summed E-state index contributed by atoms with van der Waals surface area (Å²) in [6.07, 6.45) is 3.93. The fourth-order valence-electron chi connectivity index (χ4n) is 1.42. The van der Waals surface area contributed by atoms with E-state index in [9.17, 15) is 9.59 Å². The summed E-state index contributed by atoms with van der Waals surface area (Å²) >= 11 is 5.96. The number of carbonyl (C=O) groups excluding carboxylic acids is 2. The van der Waals surface area contributed by atoms with E-state index in [1.165, 1.54) is 12.5 Å². The second-order valence-electron chi connectivity index (χ2n) is 3.85. The van der Waals surface area contributed by atoms with Gasteiger partial charge in [-0.3, -0.25) is 4.79 Å². The molecule has 6 nitrogen and oxygen atoms in total. The van der Waals surface area contributed by atoms with Gasteiger partial charge in [0.1, 0.15) is 12.5 Å². The molecule has 0 spiro atoms. The number of ether oxygens (including phenoxy) is 2. The summed E-state index contributed by atoms with van der Waals surface area (Å²) in [7, 11) is 0. The van der Waals surface area contributed by atoms with Crippen molar-refractivity contribution in [3.63, 3.8) is 0 Å². The summed E-state index contributed by atoms with van der Waals surface area (Å²) in [5.41, 5.74) is 1.35. The van der Waals surface area contributed by atoms with E-state index in [1.54, 1.807) is 18.2 Å². The maximum Gasteiger partial charge on any atom is 0.335 e. The van der Waals surface area contributed by atoms with Gasteiger partial charge in [-0.25, -0.2) is 9.69 Å². The number of nitrogens with zero attached hydrogens (tertiary/aromatic N) is 1. The molecule has 1 aromatic rings. The number of rotatable bonds is 3. The van der Waals surface area contributed by atoms with Crippen molar-refractivity contribution in [1.29, 1.82) is 0 Å². The van der Waals surface area contributed by atoms with Crippen LogP contribution >= 0.6 is 11.6 Å². The molecule has 0 saturated heterocycles. The molecule has 0 radical (unpaired) electrons. The van der Waals surface area contributed by atoms with Crippen molar-refractivity contribution in [3.8, 4) is 0 Å². The molecule has 1 aliphatic heterocycles. The molecule has 1 aromatic carbocycles. The lowest BCUT2D eigenvalue weighted by molar-refractivity contribution is -0.115. The summed E-state index contributed by atoms with van der Waals surface area (Å²) in [5, 5.41) is 3.04. The minimum atomic E-state index is -0.690. The molecule has 20 heavy (non-hydrogen) atoms. The van der Waals surface area contributed by atoms with Crippen molar-refractivity contribution in [3.05, 3.63) is 53.5 Å². The second-order valence-corrected chi connectivity index (χ2v) is 4.26. The van der Waals surface area contributed by atoms with Crippen molar-refractivity contribution in [2.45, 2.75) is 6.92 Å². The van der Waals surface area contributed by atoms with Gasteiger partial charge in [-0.15, -0.1) is 0 Å². The van der Waals surface area contributed by atoms with Gasteiger partial charge in [-0.05, 0) is 24.6 Å². The molecular formula is C13H11ClN2O4. The van der Waals surface area contributed by atoms with Crippen LogP contribution in [0.5, 0.6) is 0 Å². The summed E-state index contributed by atoms with van der Waals surface area (Å²) in [5.74, 6) is -0.0433. The smallest absolute Gasteiger partial charge is 0.335 e. The number of aryl methyl sites for hydroxylation is 1. The van der Waals surface area contributed by atoms with Gasteiger partial charge in [0.15, 0.2) is 6.26 Å². The Morgan fingerprint density at radius 3 is 2.80 bits per heavy atom. The molecule has 104 valence electrons. The molecule has 0 unspecified atom stereocenters. The van der Waals surface area contributed by atoms with Crippen LogP contribution in [0.4, 0.5) is 10.5 Å². The second kappa shape index (κ2) is 6.12. The van der Waals surface area contributed by atoms with E-state index in [2.05, 4.69) is 5.32 Å². The highest BCUT2D eigenvalue weighted by Crippen LogP contribution is 2.20. The Labute approximate surface area is 120 Å². The van der Waals surface area contributed by atoms with Crippen LogP contribution in [0.1, 0.15) is 5.56 Å². The van der Waals surface area contributed by atoms with Gasteiger partial charge in [-0.1, -0.05) is 17.7 Å². The molecule has 0 aliphatic carbocycles. The number of carbonyl (C=O) groups is 2. The molecule has 0 saturated carbocycles. The van der Waals surface area contributed by atoms with Crippen molar-refractivity contribution in [1.82, 2.24) is 4.90 Å². The van der Waals surface area contributed by atoms with E-state index in [0.29, 0.717) is 17.1 Å². The fourth-order valence-corrected chi connectivity index (χ4v) is 1.60. The topological polar surface area (TPSA) is 67.9 Å². The molecule has 0 atom stereocenters. The highest BCUT2D eigenvalue weighted by molar-refractivity contribution is 6.31. The zero-order valence-electron chi connectivity index (χ0n) is 10.5. The average molecular weight is 295 g/mol. The number of nitrogens with one attached hydrogen (secondary N) is 1. The standard InChI is InChI=1S/C13H11ClN2O4/c1-9-2-3-10(6-11(9)14)15-13(18)16(8-17)12-7-19-4-5-20-12/h2-8H,1H3,(H,15,18).